The molecule has 0 bridgehead atoms. The van der Waals surface area contributed by atoms with Crippen LogP contribution in [0.4, 0.5) is 11.4 Å². The molecule has 0 aliphatic heterocycles. The number of ether oxygens (including phenoxy) is 2. The maximum absolute atomic E-state index is 10.8. The zero-order valence-corrected chi connectivity index (χ0v) is 11.6. The van der Waals surface area contributed by atoms with E-state index in [1.165, 1.54) is 12.1 Å². The lowest BCUT2D eigenvalue weighted by Gasteiger charge is -2.07. The van der Waals surface area contributed by atoms with E-state index in [-0.39, 0.29) is 18.0 Å². The third-order valence-corrected chi connectivity index (χ3v) is 2.96. The minimum absolute atomic E-state index is 0.0996. The normalized spacial score (nSPS) is 10.3. The highest BCUT2D eigenvalue weighted by Crippen LogP contribution is 2.23. The van der Waals surface area contributed by atoms with Gasteiger partial charge in [0, 0.05) is 6.07 Å². The van der Waals surface area contributed by atoms with Crippen molar-refractivity contribution in [3.05, 3.63) is 63.7 Å². The van der Waals surface area contributed by atoms with Gasteiger partial charge in [-0.3, -0.25) is 10.1 Å². The summed E-state index contributed by atoms with van der Waals surface area (Å²) in [6.07, 6.45) is 0. The number of nitrogens with two attached hydrogens (primary N) is 1. The van der Waals surface area contributed by atoms with Gasteiger partial charge in [-0.1, -0.05) is 18.2 Å². The highest BCUT2D eigenvalue weighted by atomic mass is 16.6. The van der Waals surface area contributed by atoms with Crippen molar-refractivity contribution in [2.24, 2.45) is 0 Å². The van der Waals surface area contributed by atoms with E-state index in [1.807, 2.05) is 24.3 Å². The summed E-state index contributed by atoms with van der Waals surface area (Å²) in [5.41, 5.74) is 7.27. The molecule has 0 aliphatic carbocycles. The number of nitrogens with zero attached hydrogens (tertiary/aromatic N) is 1. The Morgan fingerprint density at radius 3 is 2.52 bits per heavy atom. The number of methoxy groups -OCH3 is 1. The predicted octanol–water partition coefficient (Wildman–Crippen LogP) is 2.90. The molecule has 0 radical (unpaired) electrons. The van der Waals surface area contributed by atoms with Crippen LogP contribution in [0.5, 0.6) is 5.75 Å². The fourth-order valence-corrected chi connectivity index (χ4v) is 1.89. The van der Waals surface area contributed by atoms with Crippen LogP contribution in [0.15, 0.2) is 42.5 Å². The van der Waals surface area contributed by atoms with Crippen molar-refractivity contribution in [1.29, 1.82) is 0 Å². The molecule has 2 rings (SSSR count). The van der Waals surface area contributed by atoms with Gasteiger partial charge in [0.2, 0.25) is 0 Å². The Hall–Kier alpha value is -2.60. The van der Waals surface area contributed by atoms with Crippen LogP contribution in [0.25, 0.3) is 0 Å². The van der Waals surface area contributed by atoms with Gasteiger partial charge in [-0.2, -0.15) is 0 Å². The molecule has 0 saturated carbocycles. The Morgan fingerprint density at radius 2 is 1.86 bits per heavy atom. The molecule has 0 unspecified atom stereocenters. The minimum atomic E-state index is -0.499. The quantitative estimate of drug-likeness (QED) is 0.501. The van der Waals surface area contributed by atoms with Gasteiger partial charge < -0.3 is 15.2 Å². The molecule has 6 nitrogen and oxygen atoms in total. The smallest absolute Gasteiger partial charge is 0.292 e. The molecule has 0 atom stereocenters. The summed E-state index contributed by atoms with van der Waals surface area (Å²) >= 11 is 0. The maximum Gasteiger partial charge on any atom is 0.292 e. The second-order valence-corrected chi connectivity index (χ2v) is 4.49. The van der Waals surface area contributed by atoms with Crippen LogP contribution in [0.2, 0.25) is 0 Å². The van der Waals surface area contributed by atoms with Crippen molar-refractivity contribution in [3.63, 3.8) is 0 Å². The number of hydrogen-bond donors (Lipinski definition) is 1. The van der Waals surface area contributed by atoms with Gasteiger partial charge in [-0.05, 0) is 29.3 Å². The largest absolute Gasteiger partial charge is 0.497 e. The Balaban J connectivity index is 1.97. The number of nitro benzene ring substituents is 1. The minimum Gasteiger partial charge on any atom is -0.497 e. The first-order chi connectivity index (χ1) is 10.1. The molecule has 0 amide bonds. The van der Waals surface area contributed by atoms with E-state index in [9.17, 15) is 10.1 Å². The summed E-state index contributed by atoms with van der Waals surface area (Å²) in [6.45, 7) is 0.674. The molecule has 2 aromatic rings. The maximum atomic E-state index is 10.8. The van der Waals surface area contributed by atoms with Gasteiger partial charge in [0.1, 0.15) is 11.4 Å². The topological polar surface area (TPSA) is 87.6 Å². The fourth-order valence-electron chi connectivity index (χ4n) is 1.89. The molecule has 2 aromatic carbocycles. The van der Waals surface area contributed by atoms with Crippen molar-refractivity contribution in [2.45, 2.75) is 13.2 Å². The standard InChI is InChI=1S/C15H16N2O4/c1-20-13-4-2-3-11(7-13)9-21-10-12-5-6-14(16)15(8-12)17(18)19/h2-8H,9-10,16H2,1H3. The monoisotopic (exact) mass is 288 g/mol. The second kappa shape index (κ2) is 6.71. The number of benzene rings is 2. The third kappa shape index (κ3) is 3.93. The van der Waals surface area contributed by atoms with E-state index < -0.39 is 4.92 Å². The number of anilines is 1. The van der Waals surface area contributed by atoms with E-state index in [0.29, 0.717) is 12.2 Å². The second-order valence-electron chi connectivity index (χ2n) is 4.49. The van der Waals surface area contributed by atoms with E-state index >= 15 is 0 Å². The van der Waals surface area contributed by atoms with Crippen molar-refractivity contribution in [2.75, 3.05) is 12.8 Å². The van der Waals surface area contributed by atoms with Crippen molar-refractivity contribution in [3.8, 4) is 5.75 Å². The SMILES string of the molecule is COc1cccc(COCc2ccc(N)c([N+](=O)[O-])c2)c1. The number of nitro groups is 1. The van der Waals surface area contributed by atoms with E-state index in [1.54, 1.807) is 13.2 Å². The molecule has 0 aromatic heterocycles. The molecule has 21 heavy (non-hydrogen) atoms. The molecular formula is C15H16N2O4. The highest BCUT2D eigenvalue weighted by Gasteiger charge is 2.11. The Labute approximate surface area is 122 Å². The summed E-state index contributed by atoms with van der Waals surface area (Å²) in [6, 6.07) is 12.2. The van der Waals surface area contributed by atoms with Gasteiger partial charge in [0.25, 0.3) is 5.69 Å². The third-order valence-electron chi connectivity index (χ3n) is 2.96. The molecule has 6 heteroatoms. The van der Waals surface area contributed by atoms with Gasteiger partial charge >= 0.3 is 0 Å². The number of rotatable bonds is 6. The lowest BCUT2D eigenvalue weighted by molar-refractivity contribution is -0.384. The molecule has 2 N–H and O–H groups in total. The van der Waals surface area contributed by atoms with Crippen LogP contribution in [0, 0.1) is 10.1 Å². The Bertz CT molecular complexity index is 643. The van der Waals surface area contributed by atoms with E-state index in [0.717, 1.165) is 11.3 Å². The first-order valence-electron chi connectivity index (χ1n) is 6.33. The van der Waals surface area contributed by atoms with Gasteiger partial charge in [0.15, 0.2) is 0 Å². The van der Waals surface area contributed by atoms with Crippen molar-refractivity contribution < 1.29 is 14.4 Å². The summed E-state index contributed by atoms with van der Waals surface area (Å²) in [4.78, 5) is 10.3. The zero-order valence-electron chi connectivity index (χ0n) is 11.6. The van der Waals surface area contributed by atoms with Crippen LogP contribution in [-0.4, -0.2) is 12.0 Å². The lowest BCUT2D eigenvalue weighted by atomic mass is 10.2. The lowest BCUT2D eigenvalue weighted by Crippen LogP contribution is -1.99. The van der Waals surface area contributed by atoms with Crippen LogP contribution in [0.1, 0.15) is 11.1 Å². The molecule has 0 saturated heterocycles. The number of hydrogen-bond acceptors (Lipinski definition) is 5. The van der Waals surface area contributed by atoms with Crippen molar-refractivity contribution >= 4 is 11.4 Å². The predicted molar refractivity (Wildman–Crippen MR) is 79.0 cm³/mol. The molecule has 0 spiro atoms. The van der Waals surface area contributed by atoms with E-state index in [2.05, 4.69) is 0 Å². The Kier molecular flexibility index (Phi) is 4.73. The van der Waals surface area contributed by atoms with E-state index in [4.69, 9.17) is 15.2 Å². The van der Waals surface area contributed by atoms with Crippen LogP contribution in [0.3, 0.4) is 0 Å². The van der Waals surface area contributed by atoms with Crippen LogP contribution >= 0.6 is 0 Å². The van der Waals surface area contributed by atoms with Crippen molar-refractivity contribution in [1.82, 2.24) is 0 Å². The van der Waals surface area contributed by atoms with Crippen LogP contribution < -0.4 is 10.5 Å². The first-order valence-corrected chi connectivity index (χ1v) is 6.33. The highest BCUT2D eigenvalue weighted by molar-refractivity contribution is 5.59. The first kappa shape index (κ1) is 14.8. The summed E-state index contributed by atoms with van der Waals surface area (Å²) in [5.74, 6) is 0.763. The molecule has 0 heterocycles. The average Bonchev–Trinajstić information content (AvgIpc) is 2.49. The summed E-state index contributed by atoms with van der Waals surface area (Å²) < 4.78 is 10.7. The molecule has 0 aliphatic rings. The fraction of sp³-hybridized carbons (Fsp3) is 0.200. The van der Waals surface area contributed by atoms with Gasteiger partial charge in [0.05, 0.1) is 25.2 Å². The Morgan fingerprint density at radius 1 is 1.14 bits per heavy atom. The van der Waals surface area contributed by atoms with Gasteiger partial charge in [-0.25, -0.2) is 0 Å². The average molecular weight is 288 g/mol. The zero-order chi connectivity index (χ0) is 15.2. The number of nitrogen functional groups attached to an aromatic ring is 1. The molecular weight excluding hydrogens is 272 g/mol. The summed E-state index contributed by atoms with van der Waals surface area (Å²) in [5, 5.41) is 10.8. The molecule has 0 fully saturated rings. The van der Waals surface area contributed by atoms with Gasteiger partial charge in [-0.15, -0.1) is 0 Å². The molecule has 110 valence electrons. The van der Waals surface area contributed by atoms with Crippen LogP contribution in [-0.2, 0) is 18.0 Å². The summed E-state index contributed by atoms with van der Waals surface area (Å²) in [7, 11) is 1.60.